The zero-order valence-electron chi connectivity index (χ0n) is 12.0. The molecule has 0 aromatic rings. The number of carbonyl (C=O) groups excluding carboxylic acids is 1. The molecule has 4 heteroatoms. The van der Waals surface area contributed by atoms with E-state index in [4.69, 9.17) is 0 Å². The van der Waals surface area contributed by atoms with Gasteiger partial charge < -0.3 is 10.6 Å². The standard InChI is InChI=1S/C14H28N2O.ClH/c1-4-6-8-13(7-5-2)16-14(17)11(3)12-9-15-10-12;/h11-13,15H,4-10H2,1-3H3,(H,16,17);1H. The molecule has 1 aliphatic heterocycles. The molecule has 18 heavy (non-hydrogen) atoms. The van der Waals surface area contributed by atoms with Crippen LogP contribution in [-0.4, -0.2) is 25.0 Å². The molecular formula is C14H29ClN2O. The first kappa shape index (κ1) is 17.7. The Balaban J connectivity index is 0.00000289. The van der Waals surface area contributed by atoms with E-state index in [1.54, 1.807) is 0 Å². The predicted molar refractivity (Wildman–Crippen MR) is 79.1 cm³/mol. The van der Waals surface area contributed by atoms with Crippen LogP contribution < -0.4 is 10.6 Å². The topological polar surface area (TPSA) is 41.1 Å². The first-order valence-corrected chi connectivity index (χ1v) is 7.20. The molecular weight excluding hydrogens is 248 g/mol. The molecule has 2 N–H and O–H groups in total. The molecule has 2 unspecified atom stereocenters. The smallest absolute Gasteiger partial charge is 0.223 e. The van der Waals surface area contributed by atoms with Crippen LogP contribution in [0.5, 0.6) is 0 Å². The molecule has 2 atom stereocenters. The first-order valence-electron chi connectivity index (χ1n) is 7.20. The van der Waals surface area contributed by atoms with Crippen molar-refractivity contribution in [3.05, 3.63) is 0 Å². The van der Waals surface area contributed by atoms with Crippen molar-refractivity contribution < 1.29 is 4.79 Å². The Hall–Kier alpha value is -0.280. The van der Waals surface area contributed by atoms with Gasteiger partial charge in [0.25, 0.3) is 0 Å². The van der Waals surface area contributed by atoms with Crippen molar-refractivity contribution in [3.63, 3.8) is 0 Å². The molecule has 1 heterocycles. The second-order valence-corrected chi connectivity index (χ2v) is 5.34. The van der Waals surface area contributed by atoms with Gasteiger partial charge in [-0.15, -0.1) is 12.4 Å². The van der Waals surface area contributed by atoms with Crippen LogP contribution in [0.4, 0.5) is 0 Å². The molecule has 0 aromatic carbocycles. The van der Waals surface area contributed by atoms with Crippen LogP contribution in [-0.2, 0) is 4.79 Å². The van der Waals surface area contributed by atoms with Gasteiger partial charge in [0.05, 0.1) is 0 Å². The van der Waals surface area contributed by atoms with Crippen molar-refractivity contribution in [3.8, 4) is 0 Å². The van der Waals surface area contributed by atoms with Gasteiger partial charge in [0.15, 0.2) is 0 Å². The fraction of sp³-hybridized carbons (Fsp3) is 0.929. The number of hydrogen-bond donors (Lipinski definition) is 2. The van der Waals surface area contributed by atoms with Gasteiger partial charge in [-0.2, -0.15) is 0 Å². The van der Waals surface area contributed by atoms with E-state index < -0.39 is 0 Å². The summed E-state index contributed by atoms with van der Waals surface area (Å²) >= 11 is 0. The molecule has 0 aromatic heterocycles. The molecule has 1 saturated heterocycles. The number of nitrogens with one attached hydrogen (secondary N) is 2. The van der Waals surface area contributed by atoms with Gasteiger partial charge in [0.2, 0.25) is 5.91 Å². The molecule has 1 amide bonds. The molecule has 0 bridgehead atoms. The molecule has 0 saturated carbocycles. The zero-order valence-corrected chi connectivity index (χ0v) is 12.8. The van der Waals surface area contributed by atoms with E-state index in [9.17, 15) is 4.79 Å². The van der Waals surface area contributed by atoms with Gasteiger partial charge in [-0.05, 0) is 31.8 Å². The van der Waals surface area contributed by atoms with Crippen molar-refractivity contribution in [1.82, 2.24) is 10.6 Å². The van der Waals surface area contributed by atoms with Crippen LogP contribution in [0.25, 0.3) is 0 Å². The van der Waals surface area contributed by atoms with Crippen LogP contribution in [0.2, 0.25) is 0 Å². The Kier molecular flexibility index (Phi) is 9.47. The van der Waals surface area contributed by atoms with E-state index in [-0.39, 0.29) is 24.2 Å². The van der Waals surface area contributed by atoms with E-state index in [1.807, 2.05) is 0 Å². The summed E-state index contributed by atoms with van der Waals surface area (Å²) in [5.74, 6) is 0.965. The molecule has 0 spiro atoms. The maximum absolute atomic E-state index is 12.1. The molecule has 0 radical (unpaired) electrons. The number of amides is 1. The third kappa shape index (κ3) is 5.57. The van der Waals surface area contributed by atoms with Crippen LogP contribution in [0, 0.1) is 11.8 Å². The average Bonchev–Trinajstić information content (AvgIpc) is 2.23. The van der Waals surface area contributed by atoms with E-state index in [0.29, 0.717) is 12.0 Å². The summed E-state index contributed by atoms with van der Waals surface area (Å²) in [7, 11) is 0. The lowest BCUT2D eigenvalue weighted by Crippen LogP contribution is -2.51. The third-order valence-corrected chi connectivity index (χ3v) is 3.82. The molecule has 1 aliphatic rings. The van der Waals surface area contributed by atoms with Crippen LogP contribution >= 0.6 is 12.4 Å². The largest absolute Gasteiger partial charge is 0.353 e. The van der Waals surface area contributed by atoms with Gasteiger partial charge in [-0.3, -0.25) is 4.79 Å². The zero-order chi connectivity index (χ0) is 12.7. The van der Waals surface area contributed by atoms with Gasteiger partial charge >= 0.3 is 0 Å². The minimum absolute atomic E-state index is 0. The minimum Gasteiger partial charge on any atom is -0.353 e. The summed E-state index contributed by atoms with van der Waals surface area (Å²) in [5.41, 5.74) is 0. The molecule has 0 aliphatic carbocycles. The van der Waals surface area contributed by atoms with E-state index in [1.165, 1.54) is 12.8 Å². The highest BCUT2D eigenvalue weighted by molar-refractivity contribution is 5.85. The van der Waals surface area contributed by atoms with Gasteiger partial charge in [-0.25, -0.2) is 0 Å². The lowest BCUT2D eigenvalue weighted by molar-refractivity contribution is -0.127. The van der Waals surface area contributed by atoms with Crippen molar-refractivity contribution in [2.24, 2.45) is 11.8 Å². The van der Waals surface area contributed by atoms with Crippen molar-refractivity contribution in [2.45, 2.75) is 58.9 Å². The average molecular weight is 277 g/mol. The number of carbonyl (C=O) groups is 1. The second kappa shape index (κ2) is 9.62. The molecule has 1 fully saturated rings. The number of unbranched alkanes of at least 4 members (excludes halogenated alkanes) is 1. The Morgan fingerprint density at radius 3 is 2.39 bits per heavy atom. The van der Waals surface area contributed by atoms with Gasteiger partial charge in [0, 0.05) is 12.0 Å². The lowest BCUT2D eigenvalue weighted by Gasteiger charge is -2.32. The monoisotopic (exact) mass is 276 g/mol. The highest BCUT2D eigenvalue weighted by Crippen LogP contribution is 2.17. The SMILES string of the molecule is CCCCC(CCC)NC(=O)C(C)C1CNC1.Cl. The van der Waals surface area contributed by atoms with Crippen molar-refractivity contribution >= 4 is 18.3 Å². The summed E-state index contributed by atoms with van der Waals surface area (Å²) in [6.07, 6.45) is 5.81. The summed E-state index contributed by atoms with van der Waals surface area (Å²) in [5, 5.41) is 6.46. The quantitative estimate of drug-likeness (QED) is 0.716. The van der Waals surface area contributed by atoms with Crippen LogP contribution in [0.1, 0.15) is 52.9 Å². The summed E-state index contributed by atoms with van der Waals surface area (Å²) < 4.78 is 0. The second-order valence-electron chi connectivity index (χ2n) is 5.34. The lowest BCUT2D eigenvalue weighted by atomic mass is 9.88. The molecule has 3 nitrogen and oxygen atoms in total. The highest BCUT2D eigenvalue weighted by Gasteiger charge is 2.29. The third-order valence-electron chi connectivity index (χ3n) is 3.82. The normalized spacial score (nSPS) is 18.4. The maximum Gasteiger partial charge on any atom is 0.223 e. The Morgan fingerprint density at radius 1 is 1.28 bits per heavy atom. The summed E-state index contributed by atoms with van der Waals surface area (Å²) in [4.78, 5) is 12.1. The highest BCUT2D eigenvalue weighted by atomic mass is 35.5. The maximum atomic E-state index is 12.1. The van der Waals surface area contributed by atoms with Crippen molar-refractivity contribution in [1.29, 1.82) is 0 Å². The van der Waals surface area contributed by atoms with E-state index in [0.717, 1.165) is 32.4 Å². The first-order chi connectivity index (χ1) is 8.19. The Bertz CT molecular complexity index is 232. The van der Waals surface area contributed by atoms with E-state index in [2.05, 4.69) is 31.4 Å². The molecule has 1 rings (SSSR count). The van der Waals surface area contributed by atoms with Gasteiger partial charge in [0.1, 0.15) is 0 Å². The van der Waals surface area contributed by atoms with Gasteiger partial charge in [-0.1, -0.05) is 40.0 Å². The van der Waals surface area contributed by atoms with Crippen molar-refractivity contribution in [2.75, 3.05) is 13.1 Å². The summed E-state index contributed by atoms with van der Waals surface area (Å²) in [6.45, 7) is 8.45. The fourth-order valence-corrected chi connectivity index (χ4v) is 2.30. The number of rotatable bonds is 8. The number of halogens is 1. The Morgan fingerprint density at radius 2 is 1.94 bits per heavy atom. The molecule has 108 valence electrons. The van der Waals surface area contributed by atoms with Crippen LogP contribution in [0.15, 0.2) is 0 Å². The number of hydrogen-bond acceptors (Lipinski definition) is 2. The predicted octanol–water partition coefficient (Wildman–Crippen LogP) is 2.74. The van der Waals surface area contributed by atoms with E-state index >= 15 is 0 Å². The van der Waals surface area contributed by atoms with Crippen LogP contribution in [0.3, 0.4) is 0 Å². The summed E-state index contributed by atoms with van der Waals surface area (Å²) in [6, 6.07) is 0.392. The Labute approximate surface area is 118 Å². The minimum atomic E-state index is 0. The fourth-order valence-electron chi connectivity index (χ4n) is 2.30.